The minimum atomic E-state index is 0.0400. The van der Waals surface area contributed by atoms with Crippen LogP contribution in [0.4, 0.5) is 0 Å². The molecule has 0 aromatic heterocycles. The lowest BCUT2D eigenvalue weighted by Gasteiger charge is -2.40. The van der Waals surface area contributed by atoms with Crippen LogP contribution in [0, 0.1) is 17.8 Å². The quantitative estimate of drug-likeness (QED) is 0.776. The first kappa shape index (κ1) is 14.6. The Labute approximate surface area is 116 Å². The van der Waals surface area contributed by atoms with Gasteiger partial charge in [0.15, 0.2) is 0 Å². The molecule has 108 valence electrons. The third kappa shape index (κ3) is 3.59. The van der Waals surface area contributed by atoms with Gasteiger partial charge in [-0.2, -0.15) is 0 Å². The Bertz CT molecular complexity index is 316. The summed E-state index contributed by atoms with van der Waals surface area (Å²) in [7, 11) is 0. The molecule has 3 heteroatoms. The number of aliphatic hydroxyl groups is 1. The molecule has 0 bridgehead atoms. The van der Waals surface area contributed by atoms with E-state index in [2.05, 4.69) is 6.58 Å². The van der Waals surface area contributed by atoms with Gasteiger partial charge < -0.3 is 10.0 Å². The summed E-state index contributed by atoms with van der Waals surface area (Å²) < 4.78 is 0. The van der Waals surface area contributed by atoms with Crippen molar-refractivity contribution in [1.29, 1.82) is 0 Å². The molecular formula is C16H27NO2. The van der Waals surface area contributed by atoms with Gasteiger partial charge in [0.1, 0.15) is 0 Å². The number of amides is 1. The van der Waals surface area contributed by atoms with Gasteiger partial charge in [0.2, 0.25) is 5.91 Å². The third-order valence-electron chi connectivity index (χ3n) is 4.92. The van der Waals surface area contributed by atoms with Crippen LogP contribution in [0.5, 0.6) is 0 Å². The summed E-state index contributed by atoms with van der Waals surface area (Å²) in [6.07, 6.45) is 10.5. The Balaban J connectivity index is 1.93. The molecule has 1 amide bonds. The molecule has 0 aromatic carbocycles. The molecule has 2 fully saturated rings. The van der Waals surface area contributed by atoms with Crippen molar-refractivity contribution < 1.29 is 9.90 Å². The average molecular weight is 265 g/mol. The molecule has 0 heterocycles. The van der Waals surface area contributed by atoms with E-state index in [0.717, 1.165) is 24.7 Å². The zero-order chi connectivity index (χ0) is 13.7. The SMILES string of the molecule is C=CCN(CCO)C(=O)C1CCC2CCCCC2C1. The third-order valence-corrected chi connectivity index (χ3v) is 4.92. The first-order valence-corrected chi connectivity index (χ1v) is 7.76. The Morgan fingerprint density at radius 2 is 1.95 bits per heavy atom. The van der Waals surface area contributed by atoms with E-state index < -0.39 is 0 Å². The second kappa shape index (κ2) is 7.09. The molecule has 3 atom stereocenters. The molecule has 0 aromatic rings. The van der Waals surface area contributed by atoms with Crippen molar-refractivity contribution in [2.45, 2.75) is 44.9 Å². The molecule has 2 aliphatic rings. The van der Waals surface area contributed by atoms with E-state index in [1.165, 1.54) is 32.1 Å². The summed E-state index contributed by atoms with van der Waals surface area (Å²) in [6, 6.07) is 0. The van der Waals surface area contributed by atoms with Crippen LogP contribution in [-0.2, 0) is 4.79 Å². The molecule has 2 aliphatic carbocycles. The summed E-state index contributed by atoms with van der Waals surface area (Å²) in [5, 5.41) is 9.07. The summed E-state index contributed by atoms with van der Waals surface area (Å²) >= 11 is 0. The predicted molar refractivity (Wildman–Crippen MR) is 76.7 cm³/mol. The fraction of sp³-hybridized carbons (Fsp3) is 0.812. The van der Waals surface area contributed by atoms with Gasteiger partial charge in [-0.1, -0.05) is 31.8 Å². The molecule has 0 spiro atoms. The van der Waals surface area contributed by atoms with Crippen LogP contribution in [0.1, 0.15) is 44.9 Å². The highest BCUT2D eigenvalue weighted by Gasteiger charge is 2.36. The van der Waals surface area contributed by atoms with Crippen LogP contribution in [-0.4, -0.2) is 35.6 Å². The van der Waals surface area contributed by atoms with Gasteiger partial charge in [-0.15, -0.1) is 6.58 Å². The Morgan fingerprint density at radius 3 is 2.63 bits per heavy atom. The van der Waals surface area contributed by atoms with E-state index in [4.69, 9.17) is 5.11 Å². The van der Waals surface area contributed by atoms with Crippen LogP contribution >= 0.6 is 0 Å². The molecule has 2 saturated carbocycles. The summed E-state index contributed by atoms with van der Waals surface area (Å²) in [6.45, 7) is 4.74. The van der Waals surface area contributed by atoms with Gasteiger partial charge in [-0.25, -0.2) is 0 Å². The van der Waals surface area contributed by atoms with Crippen molar-refractivity contribution in [1.82, 2.24) is 4.90 Å². The number of carbonyl (C=O) groups is 1. The average Bonchev–Trinajstić information content (AvgIpc) is 2.46. The zero-order valence-corrected chi connectivity index (χ0v) is 11.9. The summed E-state index contributed by atoms with van der Waals surface area (Å²) in [4.78, 5) is 14.3. The summed E-state index contributed by atoms with van der Waals surface area (Å²) in [5.74, 6) is 2.07. The molecule has 3 unspecified atom stereocenters. The molecule has 0 saturated heterocycles. The number of rotatable bonds is 5. The van der Waals surface area contributed by atoms with Gasteiger partial charge >= 0.3 is 0 Å². The van der Waals surface area contributed by atoms with E-state index in [1.807, 2.05) is 0 Å². The van der Waals surface area contributed by atoms with Crippen molar-refractivity contribution in [3.05, 3.63) is 12.7 Å². The Kier molecular flexibility index (Phi) is 5.44. The van der Waals surface area contributed by atoms with E-state index in [9.17, 15) is 4.79 Å². The lowest BCUT2D eigenvalue weighted by Crippen LogP contribution is -2.41. The maximum Gasteiger partial charge on any atom is 0.226 e. The Hall–Kier alpha value is -0.830. The van der Waals surface area contributed by atoms with Crippen LogP contribution in [0.25, 0.3) is 0 Å². The number of aliphatic hydroxyl groups excluding tert-OH is 1. The number of fused-ring (bicyclic) bond motifs is 1. The standard InChI is InChI=1S/C16H27NO2/c1-2-9-17(10-11-18)16(19)15-8-7-13-5-3-4-6-14(13)12-15/h2,13-15,18H,1,3-12H2. The largest absolute Gasteiger partial charge is 0.395 e. The number of carbonyl (C=O) groups excluding carboxylic acids is 1. The van der Waals surface area contributed by atoms with Gasteiger partial charge in [0.25, 0.3) is 0 Å². The second-order valence-corrected chi connectivity index (χ2v) is 6.11. The normalized spacial score (nSPS) is 30.5. The first-order chi connectivity index (χ1) is 9.26. The molecule has 1 N–H and O–H groups in total. The van der Waals surface area contributed by atoms with E-state index in [-0.39, 0.29) is 18.4 Å². The number of hydrogen-bond acceptors (Lipinski definition) is 2. The molecule has 0 aliphatic heterocycles. The summed E-state index contributed by atoms with van der Waals surface area (Å²) in [5.41, 5.74) is 0. The molecule has 3 nitrogen and oxygen atoms in total. The second-order valence-electron chi connectivity index (χ2n) is 6.11. The van der Waals surface area contributed by atoms with Crippen molar-refractivity contribution in [3.8, 4) is 0 Å². The van der Waals surface area contributed by atoms with Gasteiger partial charge in [-0.3, -0.25) is 4.79 Å². The highest BCUT2D eigenvalue weighted by atomic mass is 16.3. The minimum absolute atomic E-state index is 0.0400. The van der Waals surface area contributed by atoms with E-state index in [1.54, 1.807) is 11.0 Å². The lowest BCUT2D eigenvalue weighted by molar-refractivity contribution is -0.137. The molecule has 0 radical (unpaired) electrons. The number of hydrogen-bond donors (Lipinski definition) is 1. The molecule has 2 rings (SSSR count). The van der Waals surface area contributed by atoms with Crippen LogP contribution < -0.4 is 0 Å². The topological polar surface area (TPSA) is 40.5 Å². The van der Waals surface area contributed by atoms with Crippen molar-refractivity contribution >= 4 is 5.91 Å². The van der Waals surface area contributed by atoms with Crippen molar-refractivity contribution in [2.75, 3.05) is 19.7 Å². The fourth-order valence-electron chi connectivity index (χ4n) is 3.92. The van der Waals surface area contributed by atoms with Crippen LogP contribution in [0.15, 0.2) is 12.7 Å². The van der Waals surface area contributed by atoms with Crippen molar-refractivity contribution in [3.63, 3.8) is 0 Å². The lowest BCUT2D eigenvalue weighted by atomic mass is 9.67. The maximum absolute atomic E-state index is 12.5. The van der Waals surface area contributed by atoms with Gasteiger partial charge in [-0.05, 0) is 31.1 Å². The van der Waals surface area contributed by atoms with E-state index in [0.29, 0.717) is 13.1 Å². The Morgan fingerprint density at radius 1 is 1.21 bits per heavy atom. The van der Waals surface area contributed by atoms with Crippen molar-refractivity contribution in [2.24, 2.45) is 17.8 Å². The van der Waals surface area contributed by atoms with Crippen LogP contribution in [0.3, 0.4) is 0 Å². The van der Waals surface area contributed by atoms with Gasteiger partial charge in [0, 0.05) is 19.0 Å². The monoisotopic (exact) mass is 265 g/mol. The predicted octanol–water partition coefficient (Wildman–Crippen LogP) is 2.60. The fourth-order valence-corrected chi connectivity index (χ4v) is 3.92. The smallest absolute Gasteiger partial charge is 0.226 e. The molecular weight excluding hydrogens is 238 g/mol. The highest BCUT2D eigenvalue weighted by molar-refractivity contribution is 5.79. The highest BCUT2D eigenvalue weighted by Crippen LogP contribution is 2.43. The maximum atomic E-state index is 12.5. The first-order valence-electron chi connectivity index (χ1n) is 7.76. The minimum Gasteiger partial charge on any atom is -0.395 e. The number of nitrogens with zero attached hydrogens (tertiary/aromatic N) is 1. The van der Waals surface area contributed by atoms with E-state index >= 15 is 0 Å². The zero-order valence-electron chi connectivity index (χ0n) is 11.9. The van der Waals surface area contributed by atoms with Gasteiger partial charge in [0.05, 0.1) is 6.61 Å². The van der Waals surface area contributed by atoms with Crippen LogP contribution in [0.2, 0.25) is 0 Å². The molecule has 19 heavy (non-hydrogen) atoms.